The highest BCUT2D eigenvalue weighted by atomic mass is 35.5. The van der Waals surface area contributed by atoms with E-state index < -0.39 is 21.9 Å². The number of halogens is 2. The van der Waals surface area contributed by atoms with Crippen molar-refractivity contribution in [2.45, 2.75) is 4.90 Å². The number of non-ortho nitro benzene ring substituents is 1. The molecule has 30 heavy (non-hydrogen) atoms. The van der Waals surface area contributed by atoms with Crippen molar-refractivity contribution in [3.63, 3.8) is 0 Å². The summed E-state index contributed by atoms with van der Waals surface area (Å²) in [5.41, 5.74) is 1.36. The van der Waals surface area contributed by atoms with Crippen LogP contribution in [0.4, 0.5) is 27.5 Å². The minimum absolute atomic E-state index is 0.0703. The molecule has 154 valence electrons. The van der Waals surface area contributed by atoms with Crippen LogP contribution in [0.15, 0.2) is 71.6 Å². The van der Waals surface area contributed by atoms with Crippen molar-refractivity contribution in [3.05, 3.63) is 86.9 Å². The summed E-state index contributed by atoms with van der Waals surface area (Å²) in [4.78, 5) is 22.7. The van der Waals surface area contributed by atoms with Crippen molar-refractivity contribution < 1.29 is 13.9 Å². The first-order valence-corrected chi connectivity index (χ1v) is 10.3. The van der Waals surface area contributed by atoms with Crippen molar-refractivity contribution in [2.75, 3.05) is 15.4 Å². The molecule has 3 N–H and O–H groups in total. The minimum atomic E-state index is -1.54. The minimum Gasteiger partial charge on any atom is -0.308 e. The smallest absolute Gasteiger partial charge is 0.308 e. The van der Waals surface area contributed by atoms with Crippen LogP contribution >= 0.6 is 23.2 Å². The predicted molar refractivity (Wildman–Crippen MR) is 119 cm³/mol. The second kappa shape index (κ2) is 9.57. The second-order valence-electron chi connectivity index (χ2n) is 5.91. The van der Waals surface area contributed by atoms with Gasteiger partial charge in [-0.1, -0.05) is 23.2 Å². The van der Waals surface area contributed by atoms with Gasteiger partial charge in [-0.25, -0.2) is 9.00 Å². The highest BCUT2D eigenvalue weighted by Crippen LogP contribution is 2.26. The molecule has 1 unspecified atom stereocenters. The van der Waals surface area contributed by atoms with Gasteiger partial charge in [0.15, 0.2) is 0 Å². The van der Waals surface area contributed by atoms with Crippen molar-refractivity contribution in [3.8, 4) is 0 Å². The van der Waals surface area contributed by atoms with Crippen molar-refractivity contribution in [1.82, 2.24) is 0 Å². The zero-order valence-electron chi connectivity index (χ0n) is 15.1. The molecule has 0 aliphatic carbocycles. The summed E-state index contributed by atoms with van der Waals surface area (Å²) in [5.74, 6) is 0. The monoisotopic (exact) mass is 464 g/mol. The fraction of sp³-hybridized carbons (Fsp3) is 0. The average Bonchev–Trinajstić information content (AvgIpc) is 2.71. The Bertz CT molecular complexity index is 1110. The van der Waals surface area contributed by atoms with E-state index in [1.54, 1.807) is 42.5 Å². The summed E-state index contributed by atoms with van der Waals surface area (Å²) in [5, 5.41) is 16.6. The quantitative estimate of drug-likeness (QED) is 0.321. The van der Waals surface area contributed by atoms with Gasteiger partial charge >= 0.3 is 6.03 Å². The summed E-state index contributed by atoms with van der Waals surface area (Å²) in [6.07, 6.45) is 0. The molecule has 0 spiro atoms. The number of carbonyl (C=O) groups excluding carboxylic acids is 1. The van der Waals surface area contributed by atoms with Gasteiger partial charge < -0.3 is 15.4 Å². The largest absolute Gasteiger partial charge is 0.323 e. The van der Waals surface area contributed by atoms with Crippen molar-refractivity contribution in [1.29, 1.82) is 0 Å². The predicted octanol–water partition coefficient (Wildman–Crippen LogP) is 5.68. The molecule has 0 fully saturated rings. The van der Waals surface area contributed by atoms with Gasteiger partial charge in [0.1, 0.15) is 11.0 Å². The summed E-state index contributed by atoms with van der Waals surface area (Å²) in [7, 11) is -1.54. The number of rotatable bonds is 6. The molecular weight excluding hydrogens is 451 g/mol. The summed E-state index contributed by atoms with van der Waals surface area (Å²) < 4.78 is 15.2. The molecule has 0 aromatic heterocycles. The first-order valence-electron chi connectivity index (χ1n) is 8.38. The van der Waals surface area contributed by atoms with Crippen molar-refractivity contribution >= 4 is 63.0 Å². The second-order valence-corrected chi connectivity index (χ2v) is 7.93. The van der Waals surface area contributed by atoms with Crippen LogP contribution in [0.1, 0.15) is 0 Å². The van der Waals surface area contributed by atoms with Crippen LogP contribution in [0, 0.1) is 10.1 Å². The number of hydrogen-bond donors (Lipinski definition) is 3. The van der Waals surface area contributed by atoms with Crippen LogP contribution in [0.25, 0.3) is 0 Å². The molecule has 0 aliphatic heterocycles. The fourth-order valence-corrected chi connectivity index (χ4v) is 3.49. The normalized spacial score (nSPS) is 11.4. The number of amides is 2. The van der Waals surface area contributed by atoms with Gasteiger partial charge in [0.05, 0.1) is 19.9 Å². The Morgan fingerprint density at radius 1 is 0.833 bits per heavy atom. The first kappa shape index (κ1) is 21.6. The van der Waals surface area contributed by atoms with Gasteiger partial charge in [0.2, 0.25) is 0 Å². The van der Waals surface area contributed by atoms with Crippen LogP contribution in [0.2, 0.25) is 10.0 Å². The highest BCUT2D eigenvalue weighted by molar-refractivity contribution is 7.86. The van der Waals surface area contributed by atoms with Crippen molar-refractivity contribution in [2.24, 2.45) is 0 Å². The first-order chi connectivity index (χ1) is 14.3. The topological polar surface area (TPSA) is 113 Å². The van der Waals surface area contributed by atoms with E-state index >= 15 is 0 Å². The van der Waals surface area contributed by atoms with Gasteiger partial charge in [-0.2, -0.15) is 0 Å². The lowest BCUT2D eigenvalue weighted by molar-refractivity contribution is -0.384. The fourth-order valence-electron chi connectivity index (χ4n) is 2.35. The number of nitrogens with one attached hydrogen (secondary N) is 3. The molecule has 1 atom stereocenters. The standard InChI is InChI=1S/C19H14Cl2N4O4S/c20-17-10-5-14(11-18(17)21)24-30(29)16-8-3-13(4-9-16)23-19(26)22-12-1-6-15(7-2-12)25(27)28/h1-11,24H,(H2,22,23,26). The third-order valence-corrected chi connectivity index (χ3v) is 5.65. The number of carbonyl (C=O) groups is 1. The van der Waals surface area contributed by atoms with Gasteiger partial charge in [-0.3, -0.25) is 10.1 Å². The number of anilines is 3. The van der Waals surface area contributed by atoms with E-state index in [4.69, 9.17) is 23.2 Å². The van der Waals surface area contributed by atoms with Crippen LogP contribution in [-0.4, -0.2) is 15.2 Å². The number of urea groups is 1. The van der Waals surface area contributed by atoms with Crippen LogP contribution in [-0.2, 0) is 11.0 Å². The molecule has 3 aromatic carbocycles. The molecule has 0 radical (unpaired) electrons. The van der Waals surface area contributed by atoms with Crippen LogP contribution in [0.3, 0.4) is 0 Å². The maximum atomic E-state index is 12.4. The molecule has 0 bridgehead atoms. The summed E-state index contributed by atoms with van der Waals surface area (Å²) >= 11 is 11.8. The third kappa shape index (κ3) is 5.69. The van der Waals surface area contributed by atoms with Crippen LogP contribution in [0.5, 0.6) is 0 Å². The lowest BCUT2D eigenvalue weighted by Gasteiger charge is -2.09. The Morgan fingerprint density at radius 3 is 1.90 bits per heavy atom. The summed E-state index contributed by atoms with van der Waals surface area (Å²) in [6, 6.07) is 16.1. The molecule has 0 saturated carbocycles. The van der Waals surface area contributed by atoms with Gasteiger partial charge in [0.25, 0.3) is 5.69 Å². The van der Waals surface area contributed by atoms with Gasteiger partial charge in [0, 0.05) is 29.2 Å². The molecule has 8 nitrogen and oxygen atoms in total. The Kier molecular flexibility index (Phi) is 6.88. The molecule has 0 aliphatic rings. The maximum absolute atomic E-state index is 12.4. The molecule has 2 amide bonds. The zero-order chi connectivity index (χ0) is 21.7. The lowest BCUT2D eigenvalue weighted by Crippen LogP contribution is -2.19. The van der Waals surface area contributed by atoms with Gasteiger partial charge in [-0.15, -0.1) is 0 Å². The highest BCUT2D eigenvalue weighted by Gasteiger charge is 2.09. The van der Waals surface area contributed by atoms with Crippen LogP contribution < -0.4 is 15.4 Å². The molecule has 11 heteroatoms. The number of hydrogen-bond acceptors (Lipinski definition) is 4. The molecular formula is C19H14Cl2N4O4S. The molecule has 0 heterocycles. The van der Waals surface area contributed by atoms with E-state index in [1.807, 2.05) is 0 Å². The number of benzene rings is 3. The van der Waals surface area contributed by atoms with Gasteiger partial charge in [-0.05, 0) is 54.6 Å². The number of nitro groups is 1. The number of nitro benzene ring substituents is 1. The Hall–Kier alpha value is -3.14. The third-order valence-electron chi connectivity index (χ3n) is 3.79. The van der Waals surface area contributed by atoms with E-state index in [9.17, 15) is 19.1 Å². The van der Waals surface area contributed by atoms with E-state index in [0.29, 0.717) is 32.0 Å². The molecule has 0 saturated heterocycles. The zero-order valence-corrected chi connectivity index (χ0v) is 17.4. The summed E-state index contributed by atoms with van der Waals surface area (Å²) in [6.45, 7) is 0. The van der Waals surface area contributed by atoms with E-state index in [2.05, 4.69) is 15.4 Å². The molecule has 3 aromatic rings. The Labute approximate surface area is 183 Å². The average molecular weight is 465 g/mol. The SMILES string of the molecule is O=C(Nc1ccc([N+](=O)[O-])cc1)Nc1ccc(S(=O)Nc2ccc(Cl)c(Cl)c2)cc1. The van der Waals surface area contributed by atoms with E-state index in [1.165, 1.54) is 24.3 Å². The Morgan fingerprint density at radius 2 is 1.37 bits per heavy atom. The molecule has 3 rings (SSSR count). The lowest BCUT2D eigenvalue weighted by atomic mass is 10.3. The van der Waals surface area contributed by atoms with E-state index in [0.717, 1.165) is 0 Å². The number of nitrogens with zero attached hydrogens (tertiary/aromatic N) is 1. The maximum Gasteiger partial charge on any atom is 0.323 e. The van der Waals surface area contributed by atoms with E-state index in [-0.39, 0.29) is 5.69 Å². The Balaban J connectivity index is 1.58.